The summed E-state index contributed by atoms with van der Waals surface area (Å²) in [7, 11) is 3.64. The molecule has 0 atom stereocenters. The molecule has 0 radical (unpaired) electrons. The lowest BCUT2D eigenvalue weighted by Crippen LogP contribution is -2.10. The van der Waals surface area contributed by atoms with Gasteiger partial charge in [0.15, 0.2) is 11.5 Å². The van der Waals surface area contributed by atoms with E-state index in [0.29, 0.717) is 13.2 Å². The van der Waals surface area contributed by atoms with Crippen LogP contribution >= 0.6 is 0 Å². The van der Waals surface area contributed by atoms with E-state index in [1.807, 2.05) is 26.1 Å². The molecule has 0 heterocycles. The van der Waals surface area contributed by atoms with Crippen LogP contribution < -0.4 is 14.8 Å². The molecule has 0 aromatic heterocycles. The summed E-state index contributed by atoms with van der Waals surface area (Å²) in [4.78, 5) is 0. The number of benzene rings is 1. The Labute approximate surface area is 116 Å². The lowest BCUT2D eigenvalue weighted by Gasteiger charge is -2.15. The lowest BCUT2D eigenvalue weighted by molar-refractivity contribution is 0.182. The number of hydrogen-bond acceptors (Lipinski definition) is 4. The minimum Gasteiger partial charge on any atom is -0.490 e. The Bertz CT molecular complexity index is 331. The average Bonchev–Trinajstić information content (AvgIpc) is 2.41. The van der Waals surface area contributed by atoms with E-state index in [9.17, 15) is 0 Å². The molecule has 0 aliphatic heterocycles. The fourth-order valence-corrected chi connectivity index (χ4v) is 1.85. The number of ether oxygens (including phenoxy) is 3. The van der Waals surface area contributed by atoms with Gasteiger partial charge in [-0.25, -0.2) is 0 Å². The van der Waals surface area contributed by atoms with E-state index in [-0.39, 0.29) is 0 Å². The van der Waals surface area contributed by atoms with E-state index < -0.39 is 0 Å². The Hall–Kier alpha value is -1.26. The minimum absolute atomic E-state index is 0.642. The van der Waals surface area contributed by atoms with Gasteiger partial charge in [0.2, 0.25) is 0 Å². The van der Waals surface area contributed by atoms with Crippen LogP contribution in [0.1, 0.15) is 25.3 Å². The number of rotatable bonds is 10. The molecule has 0 fully saturated rings. The van der Waals surface area contributed by atoms with Crippen LogP contribution in [0.4, 0.5) is 0 Å². The first kappa shape index (κ1) is 15.8. The van der Waals surface area contributed by atoms with E-state index in [4.69, 9.17) is 14.2 Å². The Balaban J connectivity index is 2.64. The number of hydrogen-bond donors (Lipinski definition) is 1. The maximum atomic E-state index is 5.90. The highest BCUT2D eigenvalue weighted by Gasteiger charge is 2.10. The molecule has 0 aliphatic rings. The van der Waals surface area contributed by atoms with Crippen LogP contribution in [0.25, 0.3) is 0 Å². The molecule has 4 heteroatoms. The minimum atomic E-state index is 0.642. The molecule has 0 spiro atoms. The highest BCUT2D eigenvalue weighted by atomic mass is 16.5. The summed E-state index contributed by atoms with van der Waals surface area (Å²) in [5.41, 5.74) is 1.13. The topological polar surface area (TPSA) is 39.7 Å². The van der Waals surface area contributed by atoms with Gasteiger partial charge in [-0.15, -0.1) is 0 Å². The van der Waals surface area contributed by atoms with Gasteiger partial charge in [-0.1, -0.05) is 12.1 Å². The quantitative estimate of drug-likeness (QED) is 0.661. The predicted octanol–water partition coefficient (Wildman–Crippen LogP) is 2.61. The first-order chi connectivity index (χ1) is 9.33. The van der Waals surface area contributed by atoms with Gasteiger partial charge >= 0.3 is 0 Å². The molecule has 0 saturated carbocycles. The first-order valence-electron chi connectivity index (χ1n) is 6.84. The van der Waals surface area contributed by atoms with Gasteiger partial charge in [0, 0.05) is 25.8 Å². The van der Waals surface area contributed by atoms with Gasteiger partial charge in [0.1, 0.15) is 0 Å². The van der Waals surface area contributed by atoms with Gasteiger partial charge in [-0.2, -0.15) is 0 Å². The lowest BCUT2D eigenvalue weighted by atomic mass is 10.2. The normalized spacial score (nSPS) is 10.5. The molecule has 1 aromatic carbocycles. The smallest absolute Gasteiger partial charge is 0.165 e. The maximum Gasteiger partial charge on any atom is 0.165 e. The summed E-state index contributed by atoms with van der Waals surface area (Å²) < 4.78 is 16.6. The Kier molecular flexibility index (Phi) is 8.02. The Morgan fingerprint density at radius 2 is 1.89 bits per heavy atom. The van der Waals surface area contributed by atoms with Crippen molar-refractivity contribution < 1.29 is 14.2 Å². The number of para-hydroxylation sites is 1. The van der Waals surface area contributed by atoms with Crippen LogP contribution in [0.5, 0.6) is 11.5 Å². The van der Waals surface area contributed by atoms with Crippen molar-refractivity contribution in [3.63, 3.8) is 0 Å². The molecule has 19 heavy (non-hydrogen) atoms. The third-order valence-corrected chi connectivity index (χ3v) is 2.72. The van der Waals surface area contributed by atoms with Crippen LogP contribution in [-0.2, 0) is 11.3 Å². The zero-order valence-electron chi connectivity index (χ0n) is 12.2. The van der Waals surface area contributed by atoms with Crippen LogP contribution in [0, 0.1) is 0 Å². The second-order valence-electron chi connectivity index (χ2n) is 4.26. The molecular weight excluding hydrogens is 242 g/mol. The van der Waals surface area contributed by atoms with Crippen molar-refractivity contribution in [2.75, 3.05) is 34.0 Å². The summed E-state index contributed by atoms with van der Waals surface area (Å²) in [6.07, 6.45) is 1.99. The highest BCUT2D eigenvalue weighted by Crippen LogP contribution is 2.31. The van der Waals surface area contributed by atoms with E-state index in [1.54, 1.807) is 7.11 Å². The van der Waals surface area contributed by atoms with Crippen LogP contribution in [0.15, 0.2) is 18.2 Å². The Morgan fingerprint density at radius 1 is 1.11 bits per heavy atom. The van der Waals surface area contributed by atoms with Crippen molar-refractivity contribution >= 4 is 0 Å². The molecule has 4 nitrogen and oxygen atoms in total. The Morgan fingerprint density at radius 3 is 2.58 bits per heavy atom. The molecule has 1 rings (SSSR count). The van der Waals surface area contributed by atoms with Crippen molar-refractivity contribution in [2.24, 2.45) is 0 Å². The van der Waals surface area contributed by atoms with Crippen molar-refractivity contribution in [1.82, 2.24) is 5.32 Å². The monoisotopic (exact) mass is 267 g/mol. The van der Waals surface area contributed by atoms with Crippen molar-refractivity contribution in [2.45, 2.75) is 26.3 Å². The second-order valence-corrected chi connectivity index (χ2v) is 4.26. The van der Waals surface area contributed by atoms with E-state index in [0.717, 1.165) is 43.1 Å². The molecule has 0 bridgehead atoms. The van der Waals surface area contributed by atoms with Gasteiger partial charge in [0.05, 0.1) is 13.2 Å². The number of nitrogens with one attached hydrogen (secondary N) is 1. The zero-order chi connectivity index (χ0) is 13.9. The van der Waals surface area contributed by atoms with E-state index in [2.05, 4.69) is 11.4 Å². The van der Waals surface area contributed by atoms with Crippen molar-refractivity contribution in [1.29, 1.82) is 0 Å². The highest BCUT2D eigenvalue weighted by molar-refractivity contribution is 5.46. The van der Waals surface area contributed by atoms with Crippen LogP contribution in [0.3, 0.4) is 0 Å². The second kappa shape index (κ2) is 9.64. The van der Waals surface area contributed by atoms with Gasteiger partial charge in [-0.05, 0) is 32.9 Å². The van der Waals surface area contributed by atoms with Gasteiger partial charge < -0.3 is 19.5 Å². The standard InChI is InChI=1S/C15H25NO3/c1-4-18-14-9-7-8-13(12-16-2)15(14)19-11-6-5-10-17-3/h7-9,16H,4-6,10-12H2,1-3H3. The number of unbranched alkanes of at least 4 members (excludes halogenated alkanes) is 1. The summed E-state index contributed by atoms with van der Waals surface area (Å²) >= 11 is 0. The average molecular weight is 267 g/mol. The molecule has 0 saturated heterocycles. The SMILES string of the molecule is CCOc1cccc(CNC)c1OCCCCOC. The summed E-state index contributed by atoms with van der Waals surface area (Å²) in [6, 6.07) is 6.01. The molecular formula is C15H25NO3. The zero-order valence-corrected chi connectivity index (χ0v) is 12.2. The summed E-state index contributed by atoms with van der Waals surface area (Å²) in [5, 5.41) is 3.15. The van der Waals surface area contributed by atoms with E-state index >= 15 is 0 Å². The van der Waals surface area contributed by atoms with Gasteiger partial charge in [0.25, 0.3) is 0 Å². The fraction of sp³-hybridized carbons (Fsp3) is 0.600. The summed E-state index contributed by atoms with van der Waals surface area (Å²) in [6.45, 7) is 4.86. The third kappa shape index (κ3) is 5.49. The fourth-order valence-electron chi connectivity index (χ4n) is 1.85. The van der Waals surface area contributed by atoms with Crippen molar-refractivity contribution in [3.8, 4) is 11.5 Å². The van der Waals surface area contributed by atoms with Gasteiger partial charge in [-0.3, -0.25) is 0 Å². The maximum absolute atomic E-state index is 5.90. The summed E-state index contributed by atoms with van der Waals surface area (Å²) in [5.74, 6) is 1.68. The first-order valence-corrected chi connectivity index (χ1v) is 6.84. The molecule has 0 amide bonds. The van der Waals surface area contributed by atoms with E-state index in [1.165, 1.54) is 0 Å². The van der Waals surface area contributed by atoms with Crippen LogP contribution in [-0.4, -0.2) is 34.0 Å². The number of methoxy groups -OCH3 is 1. The third-order valence-electron chi connectivity index (χ3n) is 2.72. The van der Waals surface area contributed by atoms with Crippen molar-refractivity contribution in [3.05, 3.63) is 23.8 Å². The predicted molar refractivity (Wildman–Crippen MR) is 77.0 cm³/mol. The molecule has 0 aliphatic carbocycles. The molecule has 0 unspecified atom stereocenters. The molecule has 1 N–H and O–H groups in total. The largest absolute Gasteiger partial charge is 0.490 e. The molecule has 1 aromatic rings. The van der Waals surface area contributed by atoms with Crippen LogP contribution in [0.2, 0.25) is 0 Å². The molecule has 108 valence electrons.